The topological polar surface area (TPSA) is 130 Å². The molecule has 0 atom stereocenters. The number of carboxylic acid groups (broad SMARTS) is 1. The van der Waals surface area contributed by atoms with E-state index in [0.717, 1.165) is 22.5 Å². The molecule has 9 nitrogen and oxygen atoms in total. The molecule has 0 saturated carbocycles. The van der Waals surface area contributed by atoms with E-state index in [1.807, 2.05) is 0 Å². The predicted octanol–water partition coefficient (Wildman–Crippen LogP) is 4.21. The molecule has 14 heteroatoms. The molecule has 0 aromatic heterocycles. The molecule has 214 valence electrons. The molecular formula is C26H25F3N2O7S2. The summed E-state index contributed by atoms with van der Waals surface area (Å²) in [7, 11) is -7.34. The van der Waals surface area contributed by atoms with Gasteiger partial charge in [0.1, 0.15) is 5.75 Å². The van der Waals surface area contributed by atoms with Gasteiger partial charge in [0.15, 0.2) is 0 Å². The van der Waals surface area contributed by atoms with Gasteiger partial charge in [-0.15, -0.1) is 0 Å². The molecule has 1 aliphatic heterocycles. The minimum Gasteiger partial charge on any atom is -0.496 e. The van der Waals surface area contributed by atoms with Crippen molar-refractivity contribution < 1.29 is 44.6 Å². The molecule has 1 fully saturated rings. The highest BCUT2D eigenvalue weighted by Crippen LogP contribution is 2.39. The highest BCUT2D eigenvalue weighted by atomic mass is 32.2. The first-order valence-corrected chi connectivity index (χ1v) is 14.9. The van der Waals surface area contributed by atoms with Crippen LogP contribution in [-0.2, 0) is 26.2 Å². The van der Waals surface area contributed by atoms with Crippen molar-refractivity contribution in [2.24, 2.45) is 0 Å². The van der Waals surface area contributed by atoms with Crippen molar-refractivity contribution in [1.82, 2.24) is 9.03 Å². The van der Waals surface area contributed by atoms with Crippen molar-refractivity contribution in [2.45, 2.75) is 34.9 Å². The van der Waals surface area contributed by atoms with Crippen LogP contribution in [0.5, 0.6) is 5.75 Å². The second-order valence-corrected chi connectivity index (χ2v) is 12.7. The van der Waals surface area contributed by atoms with Crippen LogP contribution < -0.4 is 9.46 Å². The molecule has 0 bridgehead atoms. The second-order valence-electron chi connectivity index (χ2n) is 9.04. The van der Waals surface area contributed by atoms with Gasteiger partial charge in [0.2, 0.25) is 20.0 Å². The number of carbonyl (C=O) groups is 1. The summed E-state index contributed by atoms with van der Waals surface area (Å²) in [6.45, 7) is -0.239. The molecule has 2 N–H and O–H groups in total. The average molecular weight is 599 g/mol. The summed E-state index contributed by atoms with van der Waals surface area (Å²) in [5.74, 6) is -0.972. The van der Waals surface area contributed by atoms with Crippen molar-refractivity contribution in [2.75, 3.05) is 20.2 Å². The van der Waals surface area contributed by atoms with Crippen molar-refractivity contribution in [3.8, 4) is 16.9 Å². The number of hydrogen-bond acceptors (Lipinski definition) is 6. The SMILES string of the molecule is COc1ccccc1-c1ccc(S(=O)(=O)NC2CCN(S(=O)(=O)c3cccc(C(=O)O)c3)CC2)c(C(F)(F)F)c1. The maximum absolute atomic E-state index is 14.0. The number of halogens is 3. The van der Waals surface area contributed by atoms with E-state index in [2.05, 4.69) is 4.72 Å². The fraction of sp³-hybridized carbons (Fsp3) is 0.269. The number of nitrogens with zero attached hydrogens (tertiary/aromatic N) is 1. The number of nitrogens with one attached hydrogen (secondary N) is 1. The normalized spacial score (nSPS) is 15.6. The minimum absolute atomic E-state index is 0.00225. The quantitative estimate of drug-likeness (QED) is 0.397. The van der Waals surface area contributed by atoms with E-state index < -0.39 is 48.7 Å². The van der Waals surface area contributed by atoms with Crippen molar-refractivity contribution in [3.05, 3.63) is 77.9 Å². The number of benzene rings is 3. The molecule has 0 amide bonds. The Bertz CT molecular complexity index is 1630. The number of piperidine rings is 1. The third-order valence-electron chi connectivity index (χ3n) is 6.49. The van der Waals surface area contributed by atoms with Crippen LogP contribution in [0.15, 0.2) is 76.5 Å². The lowest BCUT2D eigenvalue weighted by atomic mass is 10.0. The van der Waals surface area contributed by atoms with Gasteiger partial charge in [-0.1, -0.05) is 30.3 Å². The Morgan fingerprint density at radius 1 is 0.975 bits per heavy atom. The van der Waals surface area contributed by atoms with Crippen LogP contribution in [0.3, 0.4) is 0 Å². The molecular weight excluding hydrogens is 573 g/mol. The summed E-state index contributed by atoms with van der Waals surface area (Å²) < 4.78 is 103. The molecule has 3 aromatic rings. The summed E-state index contributed by atoms with van der Waals surface area (Å²) in [4.78, 5) is 10.0. The van der Waals surface area contributed by atoms with E-state index in [9.17, 15) is 34.8 Å². The van der Waals surface area contributed by atoms with Crippen LogP contribution in [0.2, 0.25) is 0 Å². The highest BCUT2D eigenvalue weighted by molar-refractivity contribution is 7.89. The monoisotopic (exact) mass is 598 g/mol. The van der Waals surface area contributed by atoms with Crippen molar-refractivity contribution in [3.63, 3.8) is 0 Å². The Morgan fingerprint density at radius 3 is 2.27 bits per heavy atom. The zero-order valence-corrected chi connectivity index (χ0v) is 22.7. The Morgan fingerprint density at radius 2 is 1.65 bits per heavy atom. The summed E-state index contributed by atoms with van der Waals surface area (Å²) in [6.07, 6.45) is -4.99. The second kappa shape index (κ2) is 11.2. The van der Waals surface area contributed by atoms with Gasteiger partial charge in [-0.3, -0.25) is 0 Å². The molecule has 1 saturated heterocycles. The number of alkyl halides is 3. The maximum Gasteiger partial charge on any atom is 0.417 e. The standard InChI is InChI=1S/C26H25F3N2O7S2/c1-38-23-8-3-2-7-21(23)17-9-10-24(22(16-17)26(27,28)29)39(34,35)30-19-11-13-31(14-12-19)40(36,37)20-6-4-5-18(15-20)25(32)33/h2-10,15-16,19,30H,11-14H2,1H3,(H,32,33). The van der Waals surface area contributed by atoms with E-state index in [0.29, 0.717) is 11.3 Å². The molecule has 40 heavy (non-hydrogen) atoms. The largest absolute Gasteiger partial charge is 0.496 e. The first kappa shape index (κ1) is 29.5. The number of carboxylic acids is 1. The van der Waals surface area contributed by atoms with Crippen LogP contribution in [-0.4, -0.2) is 58.5 Å². The van der Waals surface area contributed by atoms with Gasteiger partial charge in [0.05, 0.1) is 28.0 Å². The number of hydrogen-bond donors (Lipinski definition) is 2. The third kappa shape index (κ3) is 6.14. The van der Waals surface area contributed by atoms with E-state index >= 15 is 0 Å². The van der Waals surface area contributed by atoms with Gasteiger partial charge in [0.25, 0.3) is 0 Å². The van der Waals surface area contributed by atoms with Gasteiger partial charge in [-0.2, -0.15) is 17.5 Å². The van der Waals surface area contributed by atoms with Gasteiger partial charge in [-0.05, 0) is 54.8 Å². The predicted molar refractivity (Wildman–Crippen MR) is 139 cm³/mol. The zero-order valence-electron chi connectivity index (χ0n) is 21.1. The van der Waals surface area contributed by atoms with Crippen LogP contribution >= 0.6 is 0 Å². The molecule has 0 unspecified atom stereocenters. The number of methoxy groups -OCH3 is 1. The first-order valence-electron chi connectivity index (χ1n) is 11.9. The Kier molecular flexibility index (Phi) is 8.26. The lowest BCUT2D eigenvalue weighted by Crippen LogP contribution is -2.46. The number of para-hydroxylation sites is 1. The Balaban J connectivity index is 1.54. The van der Waals surface area contributed by atoms with Crippen LogP contribution in [0.1, 0.15) is 28.8 Å². The average Bonchev–Trinajstić information content (AvgIpc) is 2.92. The molecule has 4 rings (SSSR count). The smallest absolute Gasteiger partial charge is 0.417 e. The van der Waals surface area contributed by atoms with Crippen LogP contribution in [0.4, 0.5) is 13.2 Å². The lowest BCUT2D eigenvalue weighted by Gasteiger charge is -2.31. The molecule has 0 aliphatic carbocycles. The van der Waals surface area contributed by atoms with E-state index in [4.69, 9.17) is 9.84 Å². The minimum atomic E-state index is -4.98. The maximum atomic E-state index is 14.0. The Labute approximate surface area is 229 Å². The van der Waals surface area contributed by atoms with E-state index in [1.165, 1.54) is 31.4 Å². The molecule has 0 spiro atoms. The van der Waals surface area contributed by atoms with E-state index in [1.54, 1.807) is 24.3 Å². The number of ether oxygens (including phenoxy) is 1. The highest BCUT2D eigenvalue weighted by Gasteiger charge is 2.39. The molecule has 0 radical (unpaired) electrons. The number of rotatable bonds is 8. The molecule has 1 heterocycles. The molecule has 1 aliphatic rings. The summed E-state index contributed by atoms with van der Waals surface area (Å²) in [5.41, 5.74) is -1.08. The number of sulfonamides is 2. The van der Waals surface area contributed by atoms with Crippen LogP contribution in [0.25, 0.3) is 11.1 Å². The summed E-state index contributed by atoms with van der Waals surface area (Å²) in [6, 6.07) is 13.3. The van der Waals surface area contributed by atoms with Gasteiger partial charge >= 0.3 is 12.1 Å². The summed E-state index contributed by atoms with van der Waals surface area (Å²) >= 11 is 0. The lowest BCUT2D eigenvalue weighted by molar-refractivity contribution is -0.139. The summed E-state index contributed by atoms with van der Waals surface area (Å²) in [5, 5.41) is 9.14. The van der Waals surface area contributed by atoms with Gasteiger partial charge < -0.3 is 9.84 Å². The van der Waals surface area contributed by atoms with Gasteiger partial charge in [-0.25, -0.2) is 26.4 Å². The fourth-order valence-corrected chi connectivity index (χ4v) is 7.50. The molecule has 3 aromatic carbocycles. The van der Waals surface area contributed by atoms with Crippen molar-refractivity contribution in [1.29, 1.82) is 0 Å². The van der Waals surface area contributed by atoms with Crippen molar-refractivity contribution >= 4 is 26.0 Å². The van der Waals surface area contributed by atoms with Crippen LogP contribution in [0, 0.1) is 0 Å². The van der Waals surface area contributed by atoms with Gasteiger partial charge in [0, 0.05) is 24.7 Å². The number of aromatic carboxylic acids is 1. The Hall–Kier alpha value is -3.46. The zero-order chi connectivity index (χ0) is 29.3. The third-order valence-corrected chi connectivity index (χ3v) is 9.96. The fourth-order valence-electron chi connectivity index (χ4n) is 4.47. The van der Waals surface area contributed by atoms with E-state index in [-0.39, 0.29) is 42.0 Å². The first-order chi connectivity index (χ1) is 18.7.